The molecule has 0 aliphatic carbocycles. The first-order valence-electron chi connectivity index (χ1n) is 6.79. The molecule has 0 radical (unpaired) electrons. The zero-order valence-electron chi connectivity index (χ0n) is 12.4. The Kier molecular flexibility index (Phi) is 4.33. The predicted octanol–water partition coefficient (Wildman–Crippen LogP) is 5.92. The number of alkyl halides is 1. The topological polar surface area (TPSA) is 0 Å². The average molecular weight is 335 g/mol. The first-order valence-corrected chi connectivity index (χ1v) is 7.71. The van der Waals surface area contributed by atoms with E-state index in [1.165, 1.54) is 5.56 Å². The standard InChI is InChI=1S/C18H20BrF/c1-12-5-6-14(11-16(12)20)17(19)13-7-9-15(10-8-13)18(2,3)4/h5-11,17H,1-4H3. The molecule has 2 aromatic carbocycles. The Morgan fingerprint density at radius 2 is 1.50 bits per heavy atom. The van der Waals surface area contributed by atoms with Gasteiger partial charge in [0, 0.05) is 0 Å². The lowest BCUT2D eigenvalue weighted by Gasteiger charge is -2.20. The molecule has 1 unspecified atom stereocenters. The van der Waals surface area contributed by atoms with Gasteiger partial charge in [-0.1, -0.05) is 73.1 Å². The van der Waals surface area contributed by atoms with Crippen LogP contribution < -0.4 is 0 Å². The van der Waals surface area contributed by atoms with Gasteiger partial charge in [-0.25, -0.2) is 4.39 Å². The van der Waals surface area contributed by atoms with Gasteiger partial charge in [0.05, 0.1) is 4.83 Å². The Bertz CT molecular complexity index is 594. The molecule has 2 aromatic rings. The molecule has 0 aliphatic heterocycles. The largest absolute Gasteiger partial charge is 0.207 e. The van der Waals surface area contributed by atoms with Crippen molar-refractivity contribution in [2.45, 2.75) is 37.9 Å². The quantitative estimate of drug-likeness (QED) is 0.598. The fourth-order valence-corrected chi connectivity index (χ4v) is 2.70. The molecule has 0 spiro atoms. The predicted molar refractivity (Wildman–Crippen MR) is 87.0 cm³/mol. The van der Waals surface area contributed by atoms with Crippen molar-refractivity contribution in [1.82, 2.24) is 0 Å². The second-order valence-corrected chi connectivity index (χ2v) is 7.16. The molecule has 0 saturated carbocycles. The van der Waals surface area contributed by atoms with E-state index in [0.29, 0.717) is 5.56 Å². The van der Waals surface area contributed by atoms with Gasteiger partial charge in [-0.2, -0.15) is 0 Å². The summed E-state index contributed by atoms with van der Waals surface area (Å²) in [6.45, 7) is 8.37. The van der Waals surface area contributed by atoms with Crippen molar-refractivity contribution in [1.29, 1.82) is 0 Å². The van der Waals surface area contributed by atoms with Crippen molar-refractivity contribution >= 4 is 15.9 Å². The van der Waals surface area contributed by atoms with Crippen molar-refractivity contribution in [3.63, 3.8) is 0 Å². The third kappa shape index (κ3) is 3.29. The molecule has 20 heavy (non-hydrogen) atoms. The molecule has 1 atom stereocenters. The second kappa shape index (κ2) is 5.69. The van der Waals surface area contributed by atoms with E-state index in [4.69, 9.17) is 0 Å². The van der Waals surface area contributed by atoms with Gasteiger partial charge in [-0.3, -0.25) is 0 Å². The summed E-state index contributed by atoms with van der Waals surface area (Å²) in [6.07, 6.45) is 0. The maximum atomic E-state index is 13.7. The number of hydrogen-bond acceptors (Lipinski definition) is 0. The SMILES string of the molecule is Cc1ccc(C(Br)c2ccc(C(C)(C)C)cc2)cc1F. The number of rotatable bonds is 2. The van der Waals surface area contributed by atoms with Crippen LogP contribution in [0.1, 0.15) is 47.9 Å². The molecule has 106 valence electrons. The summed E-state index contributed by atoms with van der Waals surface area (Å²) in [5.41, 5.74) is 4.21. The van der Waals surface area contributed by atoms with Gasteiger partial charge in [0.1, 0.15) is 5.82 Å². The third-order valence-electron chi connectivity index (χ3n) is 3.56. The number of halogens is 2. The minimum atomic E-state index is -0.154. The molecule has 2 rings (SSSR count). The molecular weight excluding hydrogens is 315 g/mol. The van der Waals surface area contributed by atoms with Crippen LogP contribution in [0.3, 0.4) is 0 Å². The van der Waals surface area contributed by atoms with Crippen LogP contribution in [0.5, 0.6) is 0 Å². The van der Waals surface area contributed by atoms with E-state index in [1.807, 2.05) is 12.1 Å². The van der Waals surface area contributed by atoms with Crippen molar-refractivity contribution in [3.05, 3.63) is 70.5 Å². The summed E-state index contributed by atoms with van der Waals surface area (Å²) in [5, 5.41) is 0. The highest BCUT2D eigenvalue weighted by Crippen LogP contribution is 2.33. The highest BCUT2D eigenvalue weighted by molar-refractivity contribution is 9.09. The van der Waals surface area contributed by atoms with Crippen LogP contribution in [-0.4, -0.2) is 0 Å². The Labute approximate surface area is 129 Å². The van der Waals surface area contributed by atoms with E-state index in [0.717, 1.165) is 11.1 Å². The molecule has 2 heteroatoms. The van der Waals surface area contributed by atoms with Crippen molar-refractivity contribution < 1.29 is 4.39 Å². The van der Waals surface area contributed by atoms with E-state index >= 15 is 0 Å². The molecule has 0 saturated heterocycles. The number of benzene rings is 2. The minimum absolute atomic E-state index is 0.0200. The van der Waals surface area contributed by atoms with E-state index in [1.54, 1.807) is 13.0 Å². The van der Waals surface area contributed by atoms with Crippen molar-refractivity contribution in [2.75, 3.05) is 0 Å². The summed E-state index contributed by atoms with van der Waals surface area (Å²) in [6, 6.07) is 13.9. The monoisotopic (exact) mass is 334 g/mol. The lowest BCUT2D eigenvalue weighted by molar-refractivity contribution is 0.590. The number of hydrogen-bond donors (Lipinski definition) is 0. The van der Waals surface area contributed by atoms with Crippen LogP contribution in [0.25, 0.3) is 0 Å². The smallest absolute Gasteiger partial charge is 0.126 e. The molecule has 0 heterocycles. The van der Waals surface area contributed by atoms with Gasteiger partial charge in [0.15, 0.2) is 0 Å². The van der Waals surface area contributed by atoms with Crippen LogP contribution in [-0.2, 0) is 5.41 Å². The average Bonchev–Trinajstić information content (AvgIpc) is 2.40. The van der Waals surface area contributed by atoms with Crippen LogP contribution in [0, 0.1) is 12.7 Å². The van der Waals surface area contributed by atoms with E-state index < -0.39 is 0 Å². The molecule has 0 bridgehead atoms. The molecule has 0 nitrogen and oxygen atoms in total. The molecule has 0 aromatic heterocycles. The zero-order chi connectivity index (χ0) is 14.9. The molecular formula is C18H20BrF. The van der Waals surface area contributed by atoms with Gasteiger partial charge in [-0.05, 0) is 40.7 Å². The normalized spacial score (nSPS) is 13.3. The lowest BCUT2D eigenvalue weighted by atomic mass is 9.86. The van der Waals surface area contributed by atoms with E-state index in [-0.39, 0.29) is 16.1 Å². The molecule has 0 amide bonds. The summed E-state index contributed by atoms with van der Waals surface area (Å²) in [5.74, 6) is -0.154. The summed E-state index contributed by atoms with van der Waals surface area (Å²) >= 11 is 3.66. The van der Waals surface area contributed by atoms with Crippen molar-refractivity contribution in [3.8, 4) is 0 Å². The second-order valence-electron chi connectivity index (χ2n) is 6.24. The van der Waals surface area contributed by atoms with E-state index in [9.17, 15) is 4.39 Å². The Balaban J connectivity index is 2.29. The first-order chi connectivity index (χ1) is 9.29. The summed E-state index contributed by atoms with van der Waals surface area (Å²) < 4.78 is 13.7. The first kappa shape index (κ1) is 15.2. The Morgan fingerprint density at radius 1 is 0.950 bits per heavy atom. The summed E-state index contributed by atoms with van der Waals surface area (Å²) in [7, 11) is 0. The zero-order valence-corrected chi connectivity index (χ0v) is 14.0. The van der Waals surface area contributed by atoms with Gasteiger partial charge in [0.25, 0.3) is 0 Å². The van der Waals surface area contributed by atoms with Crippen LogP contribution >= 0.6 is 15.9 Å². The van der Waals surface area contributed by atoms with Gasteiger partial charge < -0.3 is 0 Å². The highest BCUT2D eigenvalue weighted by Gasteiger charge is 2.16. The fourth-order valence-electron chi connectivity index (χ4n) is 2.11. The van der Waals surface area contributed by atoms with Gasteiger partial charge in [0.2, 0.25) is 0 Å². The highest BCUT2D eigenvalue weighted by atomic mass is 79.9. The molecule has 0 fully saturated rings. The van der Waals surface area contributed by atoms with Crippen LogP contribution in [0.2, 0.25) is 0 Å². The van der Waals surface area contributed by atoms with E-state index in [2.05, 4.69) is 61.0 Å². The van der Waals surface area contributed by atoms with Gasteiger partial charge >= 0.3 is 0 Å². The number of aryl methyl sites for hydroxylation is 1. The maximum Gasteiger partial charge on any atom is 0.126 e. The fraction of sp³-hybridized carbons (Fsp3) is 0.333. The van der Waals surface area contributed by atoms with Gasteiger partial charge in [-0.15, -0.1) is 0 Å². The Morgan fingerprint density at radius 3 is 2.00 bits per heavy atom. The Hall–Kier alpha value is -1.15. The maximum absolute atomic E-state index is 13.7. The van der Waals surface area contributed by atoms with Crippen LogP contribution in [0.4, 0.5) is 4.39 Å². The van der Waals surface area contributed by atoms with Crippen molar-refractivity contribution in [2.24, 2.45) is 0 Å². The third-order valence-corrected chi connectivity index (χ3v) is 4.62. The molecule has 0 N–H and O–H groups in total. The summed E-state index contributed by atoms with van der Waals surface area (Å²) in [4.78, 5) is 0.0200. The minimum Gasteiger partial charge on any atom is -0.207 e. The van der Waals surface area contributed by atoms with Crippen LogP contribution in [0.15, 0.2) is 42.5 Å². The molecule has 0 aliphatic rings. The lowest BCUT2D eigenvalue weighted by Crippen LogP contribution is -2.10.